The van der Waals surface area contributed by atoms with Gasteiger partial charge in [0.1, 0.15) is 0 Å². The standard InChI is InChI=1S/C25H53NO2/c1-3-5-7-9-11-12-13-14-15-16-17-19-21-25(28)24(23-27)26-22-20-18-10-8-6-4-2/h24-28H,3-23H2,1-2H3/t24-,25+/m0/s1. The van der Waals surface area contributed by atoms with Gasteiger partial charge < -0.3 is 15.5 Å². The second kappa shape index (κ2) is 23.2. The van der Waals surface area contributed by atoms with Crippen LogP contribution < -0.4 is 5.32 Å². The Morgan fingerprint density at radius 2 is 0.964 bits per heavy atom. The second-order valence-corrected chi connectivity index (χ2v) is 8.76. The van der Waals surface area contributed by atoms with Crippen LogP contribution in [0.5, 0.6) is 0 Å². The third-order valence-electron chi connectivity index (χ3n) is 5.95. The van der Waals surface area contributed by atoms with Crippen molar-refractivity contribution in [2.75, 3.05) is 13.2 Å². The van der Waals surface area contributed by atoms with E-state index in [9.17, 15) is 10.2 Å². The fraction of sp³-hybridized carbons (Fsp3) is 1.00. The molecule has 0 aromatic carbocycles. The van der Waals surface area contributed by atoms with Gasteiger partial charge in [-0.1, -0.05) is 123 Å². The molecule has 0 fully saturated rings. The van der Waals surface area contributed by atoms with E-state index in [2.05, 4.69) is 19.2 Å². The first-order chi connectivity index (χ1) is 13.8. The van der Waals surface area contributed by atoms with Gasteiger partial charge in [-0.25, -0.2) is 0 Å². The molecule has 0 aliphatic rings. The van der Waals surface area contributed by atoms with E-state index in [1.54, 1.807) is 0 Å². The van der Waals surface area contributed by atoms with Crippen LogP contribution in [0.3, 0.4) is 0 Å². The van der Waals surface area contributed by atoms with Gasteiger partial charge in [0.15, 0.2) is 0 Å². The van der Waals surface area contributed by atoms with Crippen molar-refractivity contribution < 1.29 is 10.2 Å². The fourth-order valence-electron chi connectivity index (χ4n) is 3.91. The number of nitrogens with one attached hydrogen (secondary N) is 1. The molecule has 2 atom stereocenters. The summed E-state index contributed by atoms with van der Waals surface area (Å²) in [6, 6.07) is -0.150. The van der Waals surface area contributed by atoms with Crippen LogP contribution in [-0.4, -0.2) is 35.5 Å². The van der Waals surface area contributed by atoms with Gasteiger partial charge in [-0.3, -0.25) is 0 Å². The second-order valence-electron chi connectivity index (χ2n) is 8.76. The molecule has 3 heteroatoms. The summed E-state index contributed by atoms with van der Waals surface area (Å²) in [5.74, 6) is 0. The Morgan fingerprint density at radius 1 is 0.571 bits per heavy atom. The van der Waals surface area contributed by atoms with E-state index in [1.807, 2.05) is 0 Å². The molecule has 0 spiro atoms. The lowest BCUT2D eigenvalue weighted by molar-refractivity contribution is 0.0810. The highest BCUT2D eigenvalue weighted by Gasteiger charge is 2.16. The van der Waals surface area contributed by atoms with E-state index in [4.69, 9.17) is 0 Å². The van der Waals surface area contributed by atoms with Crippen molar-refractivity contribution in [1.29, 1.82) is 0 Å². The molecule has 0 rings (SSSR count). The van der Waals surface area contributed by atoms with Crippen molar-refractivity contribution in [3.05, 3.63) is 0 Å². The van der Waals surface area contributed by atoms with E-state index in [0.29, 0.717) is 0 Å². The molecule has 28 heavy (non-hydrogen) atoms. The minimum absolute atomic E-state index is 0.0370. The maximum absolute atomic E-state index is 10.3. The van der Waals surface area contributed by atoms with Crippen LogP contribution in [0.2, 0.25) is 0 Å². The lowest BCUT2D eigenvalue weighted by atomic mass is 10.0. The molecule has 0 aliphatic heterocycles. The molecule has 3 nitrogen and oxygen atoms in total. The Morgan fingerprint density at radius 3 is 1.39 bits per heavy atom. The zero-order chi connectivity index (χ0) is 20.7. The zero-order valence-corrected chi connectivity index (χ0v) is 19.4. The van der Waals surface area contributed by atoms with E-state index in [-0.39, 0.29) is 12.6 Å². The molecule has 0 saturated heterocycles. The van der Waals surface area contributed by atoms with E-state index < -0.39 is 6.10 Å². The molecule has 3 N–H and O–H groups in total. The molecule has 170 valence electrons. The third kappa shape index (κ3) is 19.2. The van der Waals surface area contributed by atoms with Gasteiger partial charge in [0.05, 0.1) is 18.8 Å². The molecule has 0 radical (unpaired) electrons. The number of aliphatic hydroxyl groups is 2. The van der Waals surface area contributed by atoms with E-state index in [1.165, 1.54) is 103 Å². The SMILES string of the molecule is CCCCCCCCCCCCCC[C@@H](O)[C@H](CO)NCCCCCCCC. The zero-order valence-electron chi connectivity index (χ0n) is 19.4. The average molecular weight is 400 g/mol. The number of unbranched alkanes of at least 4 members (excludes halogenated alkanes) is 16. The first-order valence-corrected chi connectivity index (χ1v) is 12.8. The molecule has 0 aromatic rings. The molecule has 0 heterocycles. The third-order valence-corrected chi connectivity index (χ3v) is 5.95. The smallest absolute Gasteiger partial charge is 0.0715 e. The molecular formula is C25H53NO2. The van der Waals surface area contributed by atoms with E-state index in [0.717, 1.165) is 25.8 Å². The number of aliphatic hydroxyl groups excluding tert-OH is 2. The van der Waals surface area contributed by atoms with Crippen molar-refractivity contribution in [2.24, 2.45) is 0 Å². The predicted octanol–water partition coefficient (Wildman–Crippen LogP) is 6.75. The summed E-state index contributed by atoms with van der Waals surface area (Å²) in [4.78, 5) is 0. The van der Waals surface area contributed by atoms with Gasteiger partial charge in [0.2, 0.25) is 0 Å². The van der Waals surface area contributed by atoms with Gasteiger partial charge in [-0.15, -0.1) is 0 Å². The summed E-state index contributed by atoms with van der Waals surface area (Å²) in [6.07, 6.45) is 24.1. The quantitative estimate of drug-likeness (QED) is 0.167. The summed E-state index contributed by atoms with van der Waals surface area (Å²) < 4.78 is 0. The molecular weight excluding hydrogens is 346 g/mol. The number of hydrogen-bond donors (Lipinski definition) is 3. The topological polar surface area (TPSA) is 52.5 Å². The highest BCUT2D eigenvalue weighted by atomic mass is 16.3. The van der Waals surface area contributed by atoms with Gasteiger partial charge in [-0.05, 0) is 19.4 Å². The van der Waals surface area contributed by atoms with Crippen molar-refractivity contribution in [3.63, 3.8) is 0 Å². The Hall–Kier alpha value is -0.120. The Kier molecular flexibility index (Phi) is 23.1. The van der Waals surface area contributed by atoms with Crippen molar-refractivity contribution in [3.8, 4) is 0 Å². The van der Waals surface area contributed by atoms with Crippen molar-refractivity contribution in [1.82, 2.24) is 5.32 Å². The maximum Gasteiger partial charge on any atom is 0.0715 e. The minimum Gasteiger partial charge on any atom is -0.395 e. The van der Waals surface area contributed by atoms with Crippen LogP contribution in [0.1, 0.15) is 136 Å². The molecule has 0 unspecified atom stereocenters. The van der Waals surface area contributed by atoms with Crippen LogP contribution in [0.4, 0.5) is 0 Å². The van der Waals surface area contributed by atoms with Crippen LogP contribution in [0.15, 0.2) is 0 Å². The van der Waals surface area contributed by atoms with Crippen molar-refractivity contribution in [2.45, 2.75) is 148 Å². The highest BCUT2D eigenvalue weighted by Crippen LogP contribution is 2.14. The van der Waals surface area contributed by atoms with Crippen LogP contribution >= 0.6 is 0 Å². The average Bonchev–Trinajstić information content (AvgIpc) is 2.70. The molecule has 0 amide bonds. The van der Waals surface area contributed by atoms with Crippen molar-refractivity contribution >= 4 is 0 Å². The van der Waals surface area contributed by atoms with E-state index >= 15 is 0 Å². The molecule has 0 saturated carbocycles. The summed E-state index contributed by atoms with van der Waals surface area (Å²) in [5.41, 5.74) is 0. The first-order valence-electron chi connectivity index (χ1n) is 12.8. The normalized spacial score (nSPS) is 13.7. The van der Waals surface area contributed by atoms with Crippen LogP contribution in [0.25, 0.3) is 0 Å². The monoisotopic (exact) mass is 399 g/mol. The lowest BCUT2D eigenvalue weighted by Gasteiger charge is -2.22. The Balaban J connectivity index is 3.43. The lowest BCUT2D eigenvalue weighted by Crippen LogP contribution is -2.43. The van der Waals surface area contributed by atoms with Crippen LogP contribution in [-0.2, 0) is 0 Å². The largest absolute Gasteiger partial charge is 0.395 e. The Bertz CT molecular complexity index is 286. The highest BCUT2D eigenvalue weighted by molar-refractivity contribution is 4.75. The Labute approximate surface area is 177 Å². The summed E-state index contributed by atoms with van der Waals surface area (Å²) in [5, 5.41) is 23.2. The fourth-order valence-corrected chi connectivity index (χ4v) is 3.91. The number of rotatable bonds is 23. The number of hydrogen-bond acceptors (Lipinski definition) is 3. The summed E-state index contributed by atoms with van der Waals surface area (Å²) in [7, 11) is 0. The van der Waals surface area contributed by atoms with Gasteiger partial charge >= 0.3 is 0 Å². The van der Waals surface area contributed by atoms with Gasteiger partial charge in [-0.2, -0.15) is 0 Å². The van der Waals surface area contributed by atoms with Gasteiger partial charge in [0.25, 0.3) is 0 Å². The summed E-state index contributed by atoms with van der Waals surface area (Å²) in [6.45, 7) is 5.46. The minimum atomic E-state index is -0.409. The molecule has 0 aliphatic carbocycles. The molecule has 0 bridgehead atoms. The summed E-state index contributed by atoms with van der Waals surface area (Å²) >= 11 is 0. The molecule has 0 aromatic heterocycles. The van der Waals surface area contributed by atoms with Crippen LogP contribution in [0, 0.1) is 0 Å². The first kappa shape index (κ1) is 27.9. The van der Waals surface area contributed by atoms with Gasteiger partial charge in [0, 0.05) is 0 Å². The predicted molar refractivity (Wildman–Crippen MR) is 124 cm³/mol. The maximum atomic E-state index is 10.3.